The minimum atomic E-state index is 0.243. The summed E-state index contributed by atoms with van der Waals surface area (Å²) in [6.07, 6.45) is 3.50. The van der Waals surface area contributed by atoms with Crippen LogP contribution < -0.4 is 10.6 Å². The van der Waals surface area contributed by atoms with Gasteiger partial charge >= 0.3 is 0 Å². The van der Waals surface area contributed by atoms with Crippen molar-refractivity contribution in [1.82, 2.24) is 4.90 Å². The first-order chi connectivity index (χ1) is 11.1. The molecule has 0 saturated carbocycles. The molecule has 130 valence electrons. The number of anilines is 2. The van der Waals surface area contributed by atoms with Crippen molar-refractivity contribution in [2.75, 3.05) is 36.8 Å². The topological polar surface area (TPSA) is 49.6 Å². The zero-order chi connectivity index (χ0) is 17.2. The number of carbonyl (C=O) groups excluding carboxylic acids is 1. The number of nitrogen functional groups attached to an aromatic ring is 1. The quantitative estimate of drug-likeness (QED) is 0.669. The highest BCUT2D eigenvalue weighted by Crippen LogP contribution is 2.24. The lowest BCUT2D eigenvalue weighted by Gasteiger charge is -2.23. The molecule has 1 aromatic rings. The van der Waals surface area contributed by atoms with Crippen molar-refractivity contribution in [3.05, 3.63) is 23.8 Å². The van der Waals surface area contributed by atoms with E-state index in [0.29, 0.717) is 6.42 Å². The molecule has 1 amide bonds. The normalized spacial score (nSPS) is 10.6. The van der Waals surface area contributed by atoms with Gasteiger partial charge in [-0.25, -0.2) is 0 Å². The Bertz CT molecular complexity index is 484. The highest BCUT2D eigenvalue weighted by molar-refractivity contribution is 5.76. The first-order valence-corrected chi connectivity index (χ1v) is 8.98. The van der Waals surface area contributed by atoms with Gasteiger partial charge in [0, 0.05) is 32.6 Å². The van der Waals surface area contributed by atoms with E-state index >= 15 is 0 Å². The smallest absolute Gasteiger partial charge is 0.222 e. The van der Waals surface area contributed by atoms with E-state index in [1.807, 2.05) is 17.9 Å². The maximum Gasteiger partial charge on any atom is 0.222 e. The van der Waals surface area contributed by atoms with E-state index in [1.54, 1.807) is 0 Å². The van der Waals surface area contributed by atoms with E-state index < -0.39 is 0 Å². The van der Waals surface area contributed by atoms with Gasteiger partial charge < -0.3 is 15.5 Å². The van der Waals surface area contributed by atoms with Crippen LogP contribution in [0.3, 0.4) is 0 Å². The molecule has 4 heteroatoms. The minimum absolute atomic E-state index is 0.243. The number of hydrogen-bond acceptors (Lipinski definition) is 3. The van der Waals surface area contributed by atoms with Gasteiger partial charge in [-0.2, -0.15) is 0 Å². The molecule has 0 radical (unpaired) electrons. The predicted octanol–water partition coefficient (Wildman–Crippen LogP) is 3.70. The zero-order valence-corrected chi connectivity index (χ0v) is 15.3. The van der Waals surface area contributed by atoms with Crippen LogP contribution in [0.15, 0.2) is 18.2 Å². The predicted molar refractivity (Wildman–Crippen MR) is 99.9 cm³/mol. The summed E-state index contributed by atoms with van der Waals surface area (Å²) in [6.45, 7) is 12.0. The van der Waals surface area contributed by atoms with Crippen LogP contribution in [0.5, 0.6) is 0 Å². The number of nitrogens with two attached hydrogens (primary N) is 1. The van der Waals surface area contributed by atoms with Crippen LogP contribution in [0.25, 0.3) is 0 Å². The maximum atomic E-state index is 12.3. The molecule has 0 atom stereocenters. The number of aryl methyl sites for hydroxylation is 1. The molecule has 0 bridgehead atoms. The number of nitrogens with zero attached hydrogens (tertiary/aromatic N) is 2. The summed E-state index contributed by atoms with van der Waals surface area (Å²) in [5.74, 6) is 0.243. The van der Waals surface area contributed by atoms with Crippen molar-refractivity contribution in [3.8, 4) is 0 Å². The molecule has 0 spiro atoms. The van der Waals surface area contributed by atoms with E-state index in [-0.39, 0.29) is 5.91 Å². The van der Waals surface area contributed by atoms with Gasteiger partial charge in [0.2, 0.25) is 5.91 Å². The van der Waals surface area contributed by atoms with Crippen LogP contribution in [0.4, 0.5) is 11.4 Å². The second-order valence-corrected chi connectivity index (χ2v) is 5.89. The Kier molecular flexibility index (Phi) is 8.52. The Morgan fingerprint density at radius 3 is 2.30 bits per heavy atom. The molecule has 4 nitrogen and oxygen atoms in total. The number of carbonyl (C=O) groups is 1. The molecule has 0 fully saturated rings. The van der Waals surface area contributed by atoms with Crippen molar-refractivity contribution >= 4 is 17.3 Å². The molecule has 0 aliphatic heterocycles. The molecule has 23 heavy (non-hydrogen) atoms. The maximum absolute atomic E-state index is 12.3. The molecule has 0 aromatic heterocycles. The third kappa shape index (κ3) is 5.77. The largest absolute Gasteiger partial charge is 0.397 e. The van der Waals surface area contributed by atoms with E-state index in [2.05, 4.69) is 37.8 Å². The number of benzene rings is 1. The van der Waals surface area contributed by atoms with Crippen molar-refractivity contribution in [2.24, 2.45) is 0 Å². The van der Waals surface area contributed by atoms with Gasteiger partial charge in [-0.05, 0) is 51.3 Å². The lowest BCUT2D eigenvalue weighted by Crippen LogP contribution is -2.31. The average Bonchev–Trinajstić information content (AvgIpc) is 2.56. The Morgan fingerprint density at radius 1 is 1.09 bits per heavy atom. The standard InChI is InChI=1S/C19H33N3O/c1-5-9-14-22(8-4)19(23)13-11-16-10-12-18(17(20)15-16)21(6-2)7-3/h10,12,15H,5-9,11,13-14,20H2,1-4H3. The van der Waals surface area contributed by atoms with Gasteiger partial charge in [-0.3, -0.25) is 4.79 Å². The highest BCUT2D eigenvalue weighted by atomic mass is 16.2. The lowest BCUT2D eigenvalue weighted by molar-refractivity contribution is -0.131. The van der Waals surface area contributed by atoms with Crippen LogP contribution >= 0.6 is 0 Å². The minimum Gasteiger partial charge on any atom is -0.397 e. The summed E-state index contributed by atoms with van der Waals surface area (Å²) in [5, 5.41) is 0. The third-order valence-electron chi connectivity index (χ3n) is 4.34. The van der Waals surface area contributed by atoms with Crippen molar-refractivity contribution in [3.63, 3.8) is 0 Å². The van der Waals surface area contributed by atoms with Gasteiger partial charge in [0.15, 0.2) is 0 Å². The Hall–Kier alpha value is -1.71. The lowest BCUT2D eigenvalue weighted by atomic mass is 10.1. The molecule has 1 aromatic carbocycles. The van der Waals surface area contributed by atoms with E-state index in [4.69, 9.17) is 5.73 Å². The molecule has 0 unspecified atom stereocenters. The zero-order valence-electron chi connectivity index (χ0n) is 15.3. The van der Waals surface area contributed by atoms with E-state index in [0.717, 1.165) is 62.4 Å². The summed E-state index contributed by atoms with van der Waals surface area (Å²) >= 11 is 0. The Balaban J connectivity index is 2.64. The molecular weight excluding hydrogens is 286 g/mol. The molecule has 0 saturated heterocycles. The Morgan fingerprint density at radius 2 is 1.78 bits per heavy atom. The van der Waals surface area contributed by atoms with Crippen molar-refractivity contribution in [1.29, 1.82) is 0 Å². The summed E-state index contributed by atoms with van der Waals surface area (Å²) in [4.78, 5) is 16.5. The van der Waals surface area contributed by atoms with Gasteiger partial charge in [-0.15, -0.1) is 0 Å². The molecule has 0 aliphatic carbocycles. The third-order valence-corrected chi connectivity index (χ3v) is 4.34. The van der Waals surface area contributed by atoms with Crippen LogP contribution in [-0.2, 0) is 11.2 Å². The molecule has 0 aliphatic rings. The fourth-order valence-corrected chi connectivity index (χ4v) is 2.83. The summed E-state index contributed by atoms with van der Waals surface area (Å²) in [6, 6.07) is 6.19. The number of rotatable bonds is 10. The SMILES string of the molecule is CCCCN(CC)C(=O)CCc1ccc(N(CC)CC)c(N)c1. The van der Waals surface area contributed by atoms with Crippen molar-refractivity contribution in [2.45, 2.75) is 53.4 Å². The second kappa shape index (κ2) is 10.1. The summed E-state index contributed by atoms with van der Waals surface area (Å²) in [7, 11) is 0. The van der Waals surface area contributed by atoms with Gasteiger partial charge in [-0.1, -0.05) is 19.4 Å². The monoisotopic (exact) mass is 319 g/mol. The number of unbranched alkanes of at least 4 members (excludes halogenated alkanes) is 1. The highest BCUT2D eigenvalue weighted by Gasteiger charge is 2.12. The molecule has 0 heterocycles. The number of amides is 1. The van der Waals surface area contributed by atoms with E-state index in [1.165, 1.54) is 0 Å². The second-order valence-electron chi connectivity index (χ2n) is 5.89. The van der Waals surface area contributed by atoms with Gasteiger partial charge in [0.05, 0.1) is 11.4 Å². The first-order valence-electron chi connectivity index (χ1n) is 8.98. The van der Waals surface area contributed by atoms with Crippen LogP contribution in [0.1, 0.15) is 52.5 Å². The van der Waals surface area contributed by atoms with Gasteiger partial charge in [0.1, 0.15) is 0 Å². The fourth-order valence-electron chi connectivity index (χ4n) is 2.83. The van der Waals surface area contributed by atoms with E-state index in [9.17, 15) is 4.79 Å². The average molecular weight is 319 g/mol. The molecule has 1 rings (SSSR count). The summed E-state index contributed by atoms with van der Waals surface area (Å²) < 4.78 is 0. The molecule has 2 N–H and O–H groups in total. The first kappa shape index (κ1) is 19.3. The Labute approximate surface area is 141 Å². The number of hydrogen-bond donors (Lipinski definition) is 1. The fraction of sp³-hybridized carbons (Fsp3) is 0.632. The van der Waals surface area contributed by atoms with Crippen molar-refractivity contribution < 1.29 is 4.79 Å². The van der Waals surface area contributed by atoms with Crippen LogP contribution in [0, 0.1) is 0 Å². The molecular formula is C19H33N3O. The van der Waals surface area contributed by atoms with Crippen LogP contribution in [0.2, 0.25) is 0 Å². The van der Waals surface area contributed by atoms with Crippen LogP contribution in [-0.4, -0.2) is 37.0 Å². The summed E-state index contributed by atoms with van der Waals surface area (Å²) in [5.41, 5.74) is 9.22. The van der Waals surface area contributed by atoms with Gasteiger partial charge in [0.25, 0.3) is 0 Å².